The first-order valence-corrected chi connectivity index (χ1v) is 13.5. The number of hydrogen-bond donors (Lipinski definition) is 2. The Kier molecular flexibility index (Phi) is 7.50. The minimum absolute atomic E-state index is 0.0196. The molecule has 0 saturated heterocycles. The summed E-state index contributed by atoms with van der Waals surface area (Å²) in [5.41, 5.74) is 0.321. The first kappa shape index (κ1) is 27.9. The van der Waals surface area contributed by atoms with E-state index in [2.05, 4.69) is 25.7 Å². The molecule has 13 nitrogen and oxygen atoms in total. The van der Waals surface area contributed by atoms with Crippen LogP contribution in [0.1, 0.15) is 28.8 Å². The van der Waals surface area contributed by atoms with Gasteiger partial charge in [0.15, 0.2) is 5.65 Å². The highest BCUT2D eigenvalue weighted by atomic mass is 19.1. The summed E-state index contributed by atoms with van der Waals surface area (Å²) < 4.78 is 33.8. The summed E-state index contributed by atoms with van der Waals surface area (Å²) in [6.45, 7) is 0.408. The van der Waals surface area contributed by atoms with Gasteiger partial charge in [0, 0.05) is 33.0 Å². The van der Waals surface area contributed by atoms with Crippen molar-refractivity contribution in [3.05, 3.63) is 88.5 Å². The molecule has 1 fully saturated rings. The van der Waals surface area contributed by atoms with Crippen LogP contribution in [-0.2, 0) is 11.3 Å². The van der Waals surface area contributed by atoms with Gasteiger partial charge in [-0.2, -0.15) is 8.91 Å². The van der Waals surface area contributed by atoms with E-state index in [1.54, 1.807) is 39.5 Å². The van der Waals surface area contributed by atoms with Crippen LogP contribution in [0.4, 0.5) is 21.7 Å². The van der Waals surface area contributed by atoms with Gasteiger partial charge in [-0.3, -0.25) is 9.59 Å². The fraction of sp³-hybridized carbons (Fsp3) is 0.276. The number of ether oxygens (including phenoxy) is 2. The van der Waals surface area contributed by atoms with Crippen molar-refractivity contribution in [3.63, 3.8) is 0 Å². The highest BCUT2D eigenvalue weighted by Crippen LogP contribution is 2.28. The predicted molar refractivity (Wildman–Crippen MR) is 155 cm³/mol. The van der Waals surface area contributed by atoms with Crippen molar-refractivity contribution >= 4 is 28.9 Å². The Morgan fingerprint density at radius 3 is 2.70 bits per heavy atom. The number of oxazole rings is 1. The van der Waals surface area contributed by atoms with Gasteiger partial charge in [0.1, 0.15) is 34.9 Å². The van der Waals surface area contributed by atoms with E-state index in [9.17, 15) is 9.59 Å². The van der Waals surface area contributed by atoms with E-state index in [1.165, 1.54) is 27.7 Å². The maximum atomic E-state index is 15.4. The number of halogens is 1. The summed E-state index contributed by atoms with van der Waals surface area (Å²) in [7, 11) is 4.97. The molecule has 0 aliphatic heterocycles. The maximum absolute atomic E-state index is 15.4. The Bertz CT molecular complexity index is 1820. The fourth-order valence-electron chi connectivity index (χ4n) is 4.96. The number of nitrogens with zero attached hydrogens (tertiary/aromatic N) is 6. The lowest BCUT2D eigenvalue weighted by molar-refractivity contribution is 0.00725. The van der Waals surface area contributed by atoms with E-state index in [1.807, 2.05) is 29.2 Å². The van der Waals surface area contributed by atoms with E-state index in [0.717, 1.165) is 17.7 Å². The van der Waals surface area contributed by atoms with Crippen LogP contribution >= 0.6 is 0 Å². The molecule has 0 spiro atoms. The number of rotatable bonds is 10. The molecule has 0 radical (unpaired) electrons. The van der Waals surface area contributed by atoms with E-state index >= 15 is 4.39 Å². The van der Waals surface area contributed by atoms with Gasteiger partial charge < -0.3 is 29.4 Å². The molecule has 2 atom stereocenters. The normalized spacial score (nSPS) is 16.1. The van der Waals surface area contributed by atoms with Crippen LogP contribution in [0.3, 0.4) is 0 Å². The summed E-state index contributed by atoms with van der Waals surface area (Å²) in [4.78, 5) is 37.0. The van der Waals surface area contributed by atoms with Crippen LogP contribution in [0.2, 0.25) is 0 Å². The van der Waals surface area contributed by atoms with Gasteiger partial charge in [-0.15, -0.1) is 5.10 Å². The smallest absolute Gasteiger partial charge is 0.308 e. The summed E-state index contributed by atoms with van der Waals surface area (Å²) in [5, 5.41) is 9.91. The number of nitrogens with one attached hydrogen (secondary N) is 2. The lowest BCUT2D eigenvalue weighted by Crippen LogP contribution is -2.51. The van der Waals surface area contributed by atoms with Crippen molar-refractivity contribution in [1.82, 2.24) is 29.5 Å². The van der Waals surface area contributed by atoms with Gasteiger partial charge in [-0.05, 0) is 42.7 Å². The number of pyridine rings is 1. The number of anilines is 3. The summed E-state index contributed by atoms with van der Waals surface area (Å²) in [6.07, 6.45) is 5.68. The first-order chi connectivity index (χ1) is 20.9. The molecule has 1 aliphatic rings. The molecule has 0 unspecified atom stereocenters. The van der Waals surface area contributed by atoms with Gasteiger partial charge in [0.2, 0.25) is 5.95 Å². The van der Waals surface area contributed by atoms with Crippen LogP contribution < -0.4 is 25.8 Å². The Labute approximate surface area is 244 Å². The highest BCUT2D eigenvalue weighted by Gasteiger charge is 2.34. The van der Waals surface area contributed by atoms with Crippen LogP contribution in [0, 0.1) is 5.95 Å². The molecule has 0 bridgehead atoms. The molecule has 5 aromatic rings. The zero-order valence-corrected chi connectivity index (χ0v) is 23.7. The second-order valence-corrected chi connectivity index (χ2v) is 10.1. The lowest BCUT2D eigenvalue weighted by atomic mass is 9.89. The third-order valence-electron chi connectivity index (χ3n) is 7.39. The number of benzene rings is 1. The van der Waals surface area contributed by atoms with Crippen molar-refractivity contribution in [2.45, 2.75) is 31.5 Å². The third-order valence-corrected chi connectivity index (χ3v) is 7.39. The second kappa shape index (κ2) is 11.6. The number of methoxy groups -OCH3 is 2. The minimum atomic E-state index is -0.972. The van der Waals surface area contributed by atoms with Crippen LogP contribution in [0.5, 0.6) is 5.75 Å². The standard InChI is InChI=1S/C29H29FN8O5/c1-36(16-17-6-8-18(41-2)9-7-17)23-15-22(32-20-5-4-13-37(28(20)40)29-31-12-14-43-29)34-26-24(25(30)35-38(23)26)27(39)33-19-10-11-21(19)42-3/h4-9,12-15,19,21H,10-11,16H2,1-3H3,(H,32,34)(H,33,39)/t19-,21-/m1/s1. The van der Waals surface area contributed by atoms with E-state index in [4.69, 9.17) is 13.9 Å². The second-order valence-electron chi connectivity index (χ2n) is 10.1. The monoisotopic (exact) mass is 588 g/mol. The zero-order chi connectivity index (χ0) is 30.1. The van der Waals surface area contributed by atoms with Crippen molar-refractivity contribution in [3.8, 4) is 11.8 Å². The molecule has 14 heteroatoms. The lowest BCUT2D eigenvalue weighted by Gasteiger charge is -2.35. The summed E-state index contributed by atoms with van der Waals surface area (Å²) >= 11 is 0. The number of aromatic nitrogens is 5. The largest absolute Gasteiger partial charge is 0.497 e. The third kappa shape index (κ3) is 5.39. The molecule has 2 N–H and O–H groups in total. The number of hydrogen-bond acceptors (Lipinski definition) is 10. The minimum Gasteiger partial charge on any atom is -0.497 e. The van der Waals surface area contributed by atoms with Crippen molar-refractivity contribution in [1.29, 1.82) is 0 Å². The van der Waals surface area contributed by atoms with Crippen molar-refractivity contribution in [2.24, 2.45) is 0 Å². The van der Waals surface area contributed by atoms with E-state index in [0.29, 0.717) is 18.8 Å². The predicted octanol–water partition coefficient (Wildman–Crippen LogP) is 3.30. The summed E-state index contributed by atoms with van der Waals surface area (Å²) in [5.74, 6) is -0.295. The van der Waals surface area contributed by atoms with Gasteiger partial charge in [0.05, 0.1) is 25.5 Å². The average Bonchev–Trinajstić information content (AvgIpc) is 3.64. The van der Waals surface area contributed by atoms with Gasteiger partial charge >= 0.3 is 6.01 Å². The van der Waals surface area contributed by atoms with E-state index < -0.39 is 17.4 Å². The SMILES string of the molecule is COc1ccc(CN(C)c2cc(Nc3cccn(-c4ncco4)c3=O)nc3c(C(=O)N[C@@H]4CC[C@H]4OC)c(F)nn23)cc1. The molecule has 4 aromatic heterocycles. The van der Waals surface area contributed by atoms with Crippen LogP contribution in [0.15, 0.2) is 70.3 Å². The molecule has 1 aliphatic carbocycles. The maximum Gasteiger partial charge on any atom is 0.308 e. The van der Waals surface area contributed by atoms with Gasteiger partial charge in [0.25, 0.3) is 11.5 Å². The van der Waals surface area contributed by atoms with Gasteiger partial charge in [-0.1, -0.05) is 12.1 Å². The number of carbonyl (C=O) groups is 1. The Hall–Kier alpha value is -5.24. The topological polar surface area (TPSA) is 141 Å². The van der Waals surface area contributed by atoms with Crippen LogP contribution in [-0.4, -0.2) is 63.5 Å². The molecule has 1 saturated carbocycles. The molecule has 1 amide bonds. The first-order valence-electron chi connectivity index (χ1n) is 13.5. The molecular weight excluding hydrogens is 559 g/mol. The Morgan fingerprint density at radius 2 is 2.02 bits per heavy atom. The fourth-order valence-corrected chi connectivity index (χ4v) is 4.96. The molecule has 4 heterocycles. The molecule has 6 rings (SSSR count). The summed E-state index contributed by atoms with van der Waals surface area (Å²) in [6, 6.07) is 12.2. The highest BCUT2D eigenvalue weighted by molar-refractivity contribution is 6.00. The quantitative estimate of drug-likeness (QED) is 0.250. The van der Waals surface area contributed by atoms with Crippen molar-refractivity contribution < 1.29 is 23.1 Å². The number of fused-ring (bicyclic) bond motifs is 1. The molecular formula is C29H29FN8O5. The molecule has 1 aromatic carbocycles. The average molecular weight is 589 g/mol. The Morgan fingerprint density at radius 1 is 1.21 bits per heavy atom. The zero-order valence-electron chi connectivity index (χ0n) is 23.7. The van der Waals surface area contributed by atoms with Crippen molar-refractivity contribution in [2.75, 3.05) is 31.5 Å². The van der Waals surface area contributed by atoms with Gasteiger partial charge in [-0.25, -0.2) is 14.5 Å². The molecule has 222 valence electrons. The molecule has 43 heavy (non-hydrogen) atoms. The number of carbonyl (C=O) groups excluding carboxylic acids is 1. The van der Waals surface area contributed by atoms with Crippen LogP contribution in [0.25, 0.3) is 11.7 Å². The number of amides is 1. The Balaban J connectivity index is 1.41. The van der Waals surface area contributed by atoms with E-state index in [-0.39, 0.29) is 40.9 Å².